The summed E-state index contributed by atoms with van der Waals surface area (Å²) in [6, 6.07) is 15.9. The molecule has 1 amide bonds. The Morgan fingerprint density at radius 2 is 1.96 bits per heavy atom. The van der Waals surface area contributed by atoms with E-state index in [1.807, 2.05) is 48.3 Å². The maximum atomic E-state index is 12.8. The van der Waals surface area contributed by atoms with Crippen molar-refractivity contribution in [3.63, 3.8) is 0 Å². The van der Waals surface area contributed by atoms with Crippen LogP contribution in [0.1, 0.15) is 27.9 Å². The van der Waals surface area contributed by atoms with Crippen molar-refractivity contribution in [3.05, 3.63) is 65.2 Å². The largest absolute Gasteiger partial charge is 0.488 e. The van der Waals surface area contributed by atoms with Gasteiger partial charge in [0.25, 0.3) is 5.91 Å². The molecule has 0 saturated carbocycles. The number of rotatable bonds is 5. The van der Waals surface area contributed by atoms with Gasteiger partial charge in [-0.1, -0.05) is 36.4 Å². The molecule has 2 aromatic rings. The van der Waals surface area contributed by atoms with Crippen LogP contribution in [0.3, 0.4) is 0 Å². The van der Waals surface area contributed by atoms with E-state index in [9.17, 15) is 4.79 Å². The van der Waals surface area contributed by atoms with Crippen LogP contribution in [0.15, 0.2) is 48.5 Å². The molecule has 0 aromatic heterocycles. The standard InChI is InChI=1S/C20H24N2O2/c1-15-7-3-4-8-16(15)14-24-19-10-6-5-9-18(19)20(23)22(2)17-11-12-21-13-17/h3-10,17,21H,11-14H2,1-2H3. The first-order valence-corrected chi connectivity index (χ1v) is 8.41. The summed E-state index contributed by atoms with van der Waals surface area (Å²) in [7, 11) is 1.87. The summed E-state index contributed by atoms with van der Waals surface area (Å²) in [6.07, 6.45) is 0.995. The van der Waals surface area contributed by atoms with Gasteiger partial charge in [0.1, 0.15) is 12.4 Å². The zero-order valence-corrected chi connectivity index (χ0v) is 14.3. The maximum absolute atomic E-state index is 12.8. The van der Waals surface area contributed by atoms with Gasteiger partial charge in [-0.3, -0.25) is 4.79 Å². The summed E-state index contributed by atoms with van der Waals surface area (Å²) in [5.74, 6) is 0.660. The third kappa shape index (κ3) is 3.60. The molecule has 1 aliphatic heterocycles. The molecule has 1 atom stereocenters. The minimum Gasteiger partial charge on any atom is -0.488 e. The molecule has 0 radical (unpaired) electrons. The van der Waals surface area contributed by atoms with Gasteiger partial charge in [0, 0.05) is 19.6 Å². The summed E-state index contributed by atoms with van der Waals surface area (Å²) >= 11 is 0. The monoisotopic (exact) mass is 324 g/mol. The number of nitrogens with one attached hydrogen (secondary N) is 1. The van der Waals surface area contributed by atoms with E-state index < -0.39 is 0 Å². The van der Waals surface area contributed by atoms with Crippen molar-refractivity contribution >= 4 is 5.91 Å². The Morgan fingerprint density at radius 1 is 1.21 bits per heavy atom. The number of nitrogens with zero attached hydrogens (tertiary/aromatic N) is 1. The van der Waals surface area contributed by atoms with E-state index in [4.69, 9.17) is 4.74 Å². The van der Waals surface area contributed by atoms with Crippen LogP contribution < -0.4 is 10.1 Å². The average Bonchev–Trinajstić information content (AvgIpc) is 3.15. The van der Waals surface area contributed by atoms with E-state index in [0.717, 1.165) is 25.1 Å². The molecule has 1 heterocycles. The van der Waals surface area contributed by atoms with Gasteiger partial charge in [0.2, 0.25) is 0 Å². The summed E-state index contributed by atoms with van der Waals surface area (Å²) in [4.78, 5) is 14.7. The number of amides is 1. The second-order valence-electron chi connectivity index (χ2n) is 6.27. The van der Waals surface area contributed by atoms with Crippen molar-refractivity contribution in [1.29, 1.82) is 0 Å². The fraction of sp³-hybridized carbons (Fsp3) is 0.350. The molecule has 1 N–H and O–H groups in total. The van der Waals surface area contributed by atoms with Crippen molar-refractivity contribution in [2.24, 2.45) is 0 Å². The molecule has 3 rings (SSSR count). The molecule has 2 aromatic carbocycles. The zero-order chi connectivity index (χ0) is 16.9. The molecule has 24 heavy (non-hydrogen) atoms. The number of ether oxygens (including phenoxy) is 1. The van der Waals surface area contributed by atoms with E-state index in [0.29, 0.717) is 17.9 Å². The Balaban J connectivity index is 1.75. The van der Waals surface area contributed by atoms with Gasteiger partial charge in [0.05, 0.1) is 5.56 Å². The van der Waals surface area contributed by atoms with Gasteiger partial charge in [-0.05, 0) is 43.1 Å². The third-order valence-corrected chi connectivity index (χ3v) is 4.66. The van der Waals surface area contributed by atoms with E-state index in [-0.39, 0.29) is 11.9 Å². The molecule has 0 aliphatic carbocycles. The minimum atomic E-state index is 0.0177. The molecule has 4 heteroatoms. The first-order chi connectivity index (χ1) is 11.7. The SMILES string of the molecule is Cc1ccccc1COc1ccccc1C(=O)N(C)C1CCNC1. The van der Waals surface area contributed by atoms with Crippen LogP contribution in [0.2, 0.25) is 0 Å². The summed E-state index contributed by atoms with van der Waals surface area (Å²) < 4.78 is 5.97. The Kier molecular flexibility index (Phi) is 5.16. The Hall–Kier alpha value is -2.33. The molecule has 1 fully saturated rings. The molecule has 126 valence electrons. The highest BCUT2D eigenvalue weighted by atomic mass is 16.5. The van der Waals surface area contributed by atoms with E-state index in [2.05, 4.69) is 24.4 Å². The predicted molar refractivity (Wildman–Crippen MR) is 95.3 cm³/mol. The van der Waals surface area contributed by atoms with E-state index >= 15 is 0 Å². The average molecular weight is 324 g/mol. The summed E-state index contributed by atoms with van der Waals surface area (Å²) in [5.41, 5.74) is 2.95. The number of hydrogen-bond donors (Lipinski definition) is 1. The van der Waals surface area contributed by atoms with Crippen molar-refractivity contribution in [1.82, 2.24) is 10.2 Å². The second kappa shape index (κ2) is 7.49. The molecule has 0 bridgehead atoms. The molecule has 1 aliphatic rings. The van der Waals surface area contributed by atoms with Gasteiger partial charge >= 0.3 is 0 Å². The summed E-state index contributed by atoms with van der Waals surface area (Å²) in [6.45, 7) is 4.35. The number of benzene rings is 2. The number of likely N-dealkylation sites (N-methyl/N-ethyl adjacent to an activating group) is 1. The molecule has 4 nitrogen and oxygen atoms in total. The molecule has 1 saturated heterocycles. The maximum Gasteiger partial charge on any atom is 0.257 e. The first kappa shape index (κ1) is 16.5. The van der Waals surface area contributed by atoms with E-state index in [1.54, 1.807) is 0 Å². The fourth-order valence-corrected chi connectivity index (χ4v) is 3.02. The quantitative estimate of drug-likeness (QED) is 0.919. The van der Waals surface area contributed by atoms with Crippen LogP contribution in [0.25, 0.3) is 0 Å². The van der Waals surface area contributed by atoms with Gasteiger partial charge in [-0.2, -0.15) is 0 Å². The number of hydrogen-bond acceptors (Lipinski definition) is 3. The van der Waals surface area contributed by atoms with Crippen molar-refractivity contribution in [2.45, 2.75) is 26.0 Å². The fourth-order valence-electron chi connectivity index (χ4n) is 3.02. The van der Waals surface area contributed by atoms with Crippen molar-refractivity contribution in [3.8, 4) is 5.75 Å². The minimum absolute atomic E-state index is 0.0177. The van der Waals surface area contributed by atoms with Gasteiger partial charge in [0.15, 0.2) is 0 Å². The van der Waals surface area contributed by atoms with Gasteiger partial charge in [-0.25, -0.2) is 0 Å². The first-order valence-electron chi connectivity index (χ1n) is 8.41. The number of carbonyl (C=O) groups excluding carboxylic acids is 1. The Labute approximate surface area is 143 Å². The van der Waals surface area contributed by atoms with Crippen molar-refractivity contribution < 1.29 is 9.53 Å². The lowest BCUT2D eigenvalue weighted by atomic mass is 10.1. The summed E-state index contributed by atoms with van der Waals surface area (Å²) in [5, 5.41) is 3.30. The van der Waals surface area contributed by atoms with Gasteiger partial charge < -0.3 is 15.0 Å². The Morgan fingerprint density at radius 3 is 2.71 bits per heavy atom. The van der Waals surface area contributed by atoms with E-state index in [1.165, 1.54) is 5.56 Å². The molecule has 1 unspecified atom stereocenters. The van der Waals surface area contributed by atoms with Crippen molar-refractivity contribution in [2.75, 3.05) is 20.1 Å². The highest BCUT2D eigenvalue weighted by molar-refractivity contribution is 5.97. The number of para-hydroxylation sites is 1. The number of carbonyl (C=O) groups is 1. The van der Waals surface area contributed by atoms with Crippen LogP contribution in [0, 0.1) is 6.92 Å². The normalized spacial score (nSPS) is 16.8. The lowest BCUT2D eigenvalue weighted by Crippen LogP contribution is -2.38. The molecule has 0 spiro atoms. The van der Waals surface area contributed by atoms with Crippen LogP contribution in [0.4, 0.5) is 0 Å². The Bertz CT molecular complexity index is 708. The van der Waals surface area contributed by atoms with Gasteiger partial charge in [-0.15, -0.1) is 0 Å². The van der Waals surface area contributed by atoms with Crippen LogP contribution in [-0.2, 0) is 6.61 Å². The molecular formula is C20H24N2O2. The highest BCUT2D eigenvalue weighted by Crippen LogP contribution is 2.23. The number of aryl methyl sites for hydroxylation is 1. The highest BCUT2D eigenvalue weighted by Gasteiger charge is 2.25. The topological polar surface area (TPSA) is 41.6 Å². The van der Waals surface area contributed by atoms with Crippen LogP contribution in [0.5, 0.6) is 5.75 Å². The second-order valence-corrected chi connectivity index (χ2v) is 6.27. The smallest absolute Gasteiger partial charge is 0.257 e. The lowest BCUT2D eigenvalue weighted by molar-refractivity contribution is 0.0739. The lowest BCUT2D eigenvalue weighted by Gasteiger charge is -2.24. The zero-order valence-electron chi connectivity index (χ0n) is 14.3. The van der Waals surface area contributed by atoms with Crippen LogP contribution in [-0.4, -0.2) is 37.0 Å². The predicted octanol–water partition coefficient (Wildman–Crippen LogP) is 3.01. The van der Waals surface area contributed by atoms with Crippen LogP contribution >= 0.6 is 0 Å². The molecular weight excluding hydrogens is 300 g/mol. The third-order valence-electron chi connectivity index (χ3n) is 4.66.